The third-order valence-corrected chi connectivity index (χ3v) is 5.78. The van der Waals surface area contributed by atoms with Crippen LogP contribution in [-0.2, 0) is 0 Å². The van der Waals surface area contributed by atoms with E-state index in [9.17, 15) is 0 Å². The molecule has 1 saturated heterocycles. The monoisotopic (exact) mass is 339 g/mol. The maximum atomic E-state index is 4.43. The Balaban J connectivity index is 1.46. The molecule has 1 aliphatic heterocycles. The Morgan fingerprint density at radius 2 is 1.96 bits per heavy atom. The van der Waals surface area contributed by atoms with E-state index < -0.39 is 0 Å². The van der Waals surface area contributed by atoms with Gasteiger partial charge in [-0.1, -0.05) is 17.7 Å². The Hall–Kier alpha value is -2.08. The molecule has 0 bridgehead atoms. The second kappa shape index (κ2) is 6.43. The average molecular weight is 339 g/mol. The first-order valence-corrected chi connectivity index (χ1v) is 9.23. The molecule has 0 amide bonds. The molecule has 6 heteroatoms. The first-order valence-electron chi connectivity index (χ1n) is 8.35. The smallest absolute Gasteiger partial charge is 0.200 e. The van der Waals surface area contributed by atoms with Crippen molar-refractivity contribution in [3.8, 4) is 0 Å². The Kier molecular flexibility index (Phi) is 4.14. The van der Waals surface area contributed by atoms with Gasteiger partial charge in [-0.15, -0.1) is 22.0 Å². The van der Waals surface area contributed by atoms with E-state index in [1.165, 1.54) is 23.3 Å². The van der Waals surface area contributed by atoms with Crippen LogP contribution >= 0.6 is 11.8 Å². The second-order valence-corrected chi connectivity index (χ2v) is 7.76. The molecule has 0 N–H and O–H groups in total. The minimum absolute atomic E-state index is 0.680. The number of rotatable bonds is 3. The molecule has 24 heavy (non-hydrogen) atoms. The zero-order chi connectivity index (χ0) is 16.5. The van der Waals surface area contributed by atoms with Crippen molar-refractivity contribution in [2.45, 2.75) is 36.8 Å². The molecule has 0 aliphatic carbocycles. The molecule has 0 spiro atoms. The summed E-state index contributed by atoms with van der Waals surface area (Å²) in [5, 5.41) is 13.3. The summed E-state index contributed by atoms with van der Waals surface area (Å²) in [4.78, 5) is 3.81. The van der Waals surface area contributed by atoms with Crippen LogP contribution in [0.2, 0.25) is 0 Å². The van der Waals surface area contributed by atoms with Gasteiger partial charge in [0.2, 0.25) is 5.65 Å². The lowest BCUT2D eigenvalue weighted by molar-refractivity contribution is 0.590. The summed E-state index contributed by atoms with van der Waals surface area (Å²) in [7, 11) is 0. The van der Waals surface area contributed by atoms with Crippen molar-refractivity contribution < 1.29 is 0 Å². The third-order valence-electron chi connectivity index (χ3n) is 4.45. The fourth-order valence-electron chi connectivity index (χ4n) is 3.26. The zero-order valence-corrected chi connectivity index (χ0v) is 14.8. The Morgan fingerprint density at radius 3 is 2.75 bits per heavy atom. The topological polar surface area (TPSA) is 46.3 Å². The van der Waals surface area contributed by atoms with E-state index in [4.69, 9.17) is 0 Å². The summed E-state index contributed by atoms with van der Waals surface area (Å²) in [6, 6.07) is 10.9. The van der Waals surface area contributed by atoms with Gasteiger partial charge in [-0.3, -0.25) is 0 Å². The highest BCUT2D eigenvalue weighted by molar-refractivity contribution is 8.00. The number of hydrogen-bond acceptors (Lipinski definition) is 5. The molecule has 0 saturated carbocycles. The summed E-state index contributed by atoms with van der Waals surface area (Å²) >= 11 is 2.01. The van der Waals surface area contributed by atoms with Gasteiger partial charge in [-0.25, -0.2) is 0 Å². The number of fused-ring (bicyclic) bond motifs is 1. The van der Waals surface area contributed by atoms with Crippen LogP contribution in [-0.4, -0.2) is 38.2 Å². The van der Waals surface area contributed by atoms with Gasteiger partial charge in [0.15, 0.2) is 0 Å². The van der Waals surface area contributed by atoms with Crippen molar-refractivity contribution in [3.05, 3.63) is 47.9 Å². The van der Waals surface area contributed by atoms with Gasteiger partial charge < -0.3 is 4.90 Å². The lowest BCUT2D eigenvalue weighted by Gasteiger charge is -2.33. The summed E-state index contributed by atoms with van der Waals surface area (Å²) in [5.41, 5.74) is 4.33. The average Bonchev–Trinajstić information content (AvgIpc) is 3.03. The molecule has 1 aromatic carbocycles. The van der Waals surface area contributed by atoms with Crippen molar-refractivity contribution in [3.63, 3.8) is 0 Å². The minimum Gasteiger partial charge on any atom is -0.368 e. The normalized spacial score (nSPS) is 16.0. The highest BCUT2D eigenvalue weighted by atomic mass is 32.2. The van der Waals surface area contributed by atoms with Crippen LogP contribution in [0, 0.1) is 13.8 Å². The van der Waals surface area contributed by atoms with Crippen LogP contribution in [0.4, 0.5) is 5.69 Å². The van der Waals surface area contributed by atoms with Crippen molar-refractivity contribution in [1.29, 1.82) is 0 Å². The van der Waals surface area contributed by atoms with Crippen LogP contribution in [0.1, 0.15) is 24.1 Å². The van der Waals surface area contributed by atoms with Crippen molar-refractivity contribution in [2.24, 2.45) is 0 Å². The molecular weight excluding hydrogens is 318 g/mol. The fourth-order valence-corrected chi connectivity index (χ4v) is 4.50. The fraction of sp³-hybridized carbons (Fsp3) is 0.389. The molecule has 0 unspecified atom stereocenters. The zero-order valence-electron chi connectivity index (χ0n) is 14.0. The third kappa shape index (κ3) is 3.11. The number of hydrogen-bond donors (Lipinski definition) is 0. The van der Waals surface area contributed by atoms with Gasteiger partial charge in [0, 0.05) is 23.2 Å². The molecule has 0 atom stereocenters. The predicted octanol–water partition coefficient (Wildman–Crippen LogP) is 3.50. The highest BCUT2D eigenvalue weighted by Crippen LogP contribution is 2.33. The first kappa shape index (κ1) is 15.4. The molecule has 2 aromatic heterocycles. The standard InChI is InChI=1S/C18H21N5S/c1-13-4-3-5-16(10-13)24-15-6-8-22(9-7-15)17-11-14(2)21-23-12-19-20-18(17)23/h3-5,10-12,15H,6-9H2,1-2H3. The Morgan fingerprint density at radius 1 is 1.12 bits per heavy atom. The van der Waals surface area contributed by atoms with E-state index in [1.54, 1.807) is 10.8 Å². The maximum absolute atomic E-state index is 4.43. The van der Waals surface area contributed by atoms with E-state index in [-0.39, 0.29) is 0 Å². The first-order chi connectivity index (χ1) is 11.7. The van der Waals surface area contributed by atoms with E-state index in [0.717, 1.165) is 30.1 Å². The molecule has 3 aromatic rings. The number of aryl methyl sites for hydroxylation is 2. The lowest BCUT2D eigenvalue weighted by atomic mass is 10.1. The number of thioether (sulfide) groups is 1. The van der Waals surface area contributed by atoms with Crippen LogP contribution in [0.5, 0.6) is 0 Å². The molecular formula is C18H21N5S. The van der Waals surface area contributed by atoms with E-state index in [1.807, 2.05) is 18.7 Å². The highest BCUT2D eigenvalue weighted by Gasteiger charge is 2.22. The van der Waals surface area contributed by atoms with Crippen LogP contribution in [0.15, 0.2) is 41.6 Å². The molecule has 124 valence electrons. The van der Waals surface area contributed by atoms with Gasteiger partial charge in [0.05, 0.1) is 11.4 Å². The van der Waals surface area contributed by atoms with E-state index in [2.05, 4.69) is 57.5 Å². The van der Waals surface area contributed by atoms with Gasteiger partial charge in [-0.2, -0.15) is 9.61 Å². The number of nitrogens with zero attached hydrogens (tertiary/aromatic N) is 5. The van der Waals surface area contributed by atoms with Crippen LogP contribution in [0.25, 0.3) is 5.65 Å². The molecule has 5 nitrogen and oxygen atoms in total. The number of piperidine rings is 1. The van der Waals surface area contributed by atoms with E-state index >= 15 is 0 Å². The maximum Gasteiger partial charge on any atom is 0.200 e. The largest absolute Gasteiger partial charge is 0.368 e. The van der Waals surface area contributed by atoms with Gasteiger partial charge >= 0.3 is 0 Å². The van der Waals surface area contributed by atoms with Crippen LogP contribution in [0.3, 0.4) is 0 Å². The van der Waals surface area contributed by atoms with Crippen molar-refractivity contribution >= 4 is 23.1 Å². The summed E-state index contributed by atoms with van der Waals surface area (Å²) in [6.45, 7) is 6.27. The molecule has 1 fully saturated rings. The van der Waals surface area contributed by atoms with Crippen molar-refractivity contribution in [1.82, 2.24) is 19.8 Å². The number of aromatic nitrogens is 4. The predicted molar refractivity (Wildman–Crippen MR) is 97.8 cm³/mol. The second-order valence-electron chi connectivity index (χ2n) is 6.39. The number of benzene rings is 1. The molecule has 0 radical (unpaired) electrons. The number of anilines is 1. The van der Waals surface area contributed by atoms with E-state index in [0.29, 0.717) is 5.25 Å². The molecule has 4 rings (SSSR count). The molecule has 3 heterocycles. The Labute approximate surface area is 146 Å². The molecule has 1 aliphatic rings. The van der Waals surface area contributed by atoms with Crippen molar-refractivity contribution in [2.75, 3.05) is 18.0 Å². The summed E-state index contributed by atoms with van der Waals surface area (Å²) in [6.07, 6.45) is 4.03. The summed E-state index contributed by atoms with van der Waals surface area (Å²) < 4.78 is 1.78. The van der Waals surface area contributed by atoms with Gasteiger partial charge in [0.1, 0.15) is 6.33 Å². The van der Waals surface area contributed by atoms with Crippen LogP contribution < -0.4 is 4.90 Å². The van der Waals surface area contributed by atoms with Gasteiger partial charge in [0.25, 0.3) is 0 Å². The lowest BCUT2D eigenvalue weighted by Crippen LogP contribution is -2.35. The quantitative estimate of drug-likeness (QED) is 0.731. The summed E-state index contributed by atoms with van der Waals surface area (Å²) in [5.74, 6) is 0. The Bertz CT molecular complexity index is 851. The minimum atomic E-state index is 0.680. The SMILES string of the molecule is Cc1cccc(SC2CCN(c3cc(C)nn4cnnc34)CC2)c1. The van der Waals surface area contributed by atoms with Gasteiger partial charge in [-0.05, 0) is 44.9 Å².